The molecular formula is C10H18N2OS. The number of nitrogens with one attached hydrogen (secondary N) is 1. The van der Waals surface area contributed by atoms with Gasteiger partial charge in [0.25, 0.3) is 0 Å². The van der Waals surface area contributed by atoms with Crippen LogP contribution in [0.25, 0.3) is 0 Å². The summed E-state index contributed by atoms with van der Waals surface area (Å²) in [7, 11) is 0. The standard InChI is InChI=1S/C10H18N2OS/c13-10(9-3-1-4-11-9)12-5-2-7-14-8-6-12/h9,11H,1-8H2. The van der Waals surface area contributed by atoms with Gasteiger partial charge >= 0.3 is 0 Å². The van der Waals surface area contributed by atoms with Gasteiger partial charge in [-0.2, -0.15) is 11.8 Å². The van der Waals surface area contributed by atoms with E-state index >= 15 is 0 Å². The molecule has 0 radical (unpaired) electrons. The molecule has 2 fully saturated rings. The summed E-state index contributed by atoms with van der Waals surface area (Å²) in [5.41, 5.74) is 0. The molecule has 80 valence electrons. The van der Waals surface area contributed by atoms with Crippen molar-refractivity contribution in [3.05, 3.63) is 0 Å². The quantitative estimate of drug-likeness (QED) is 0.697. The predicted octanol–water partition coefficient (Wildman–Crippen LogP) is 0.704. The molecule has 1 amide bonds. The Balaban J connectivity index is 1.88. The van der Waals surface area contributed by atoms with Gasteiger partial charge in [0, 0.05) is 18.8 Å². The summed E-state index contributed by atoms with van der Waals surface area (Å²) in [5, 5.41) is 3.28. The number of rotatable bonds is 1. The Morgan fingerprint density at radius 1 is 1.29 bits per heavy atom. The van der Waals surface area contributed by atoms with E-state index in [0.29, 0.717) is 5.91 Å². The third-order valence-electron chi connectivity index (χ3n) is 2.89. The first-order valence-electron chi connectivity index (χ1n) is 5.48. The zero-order valence-corrected chi connectivity index (χ0v) is 9.31. The van der Waals surface area contributed by atoms with E-state index in [0.717, 1.165) is 44.6 Å². The molecule has 0 aromatic heterocycles. The molecule has 2 heterocycles. The van der Waals surface area contributed by atoms with Gasteiger partial charge in [-0.15, -0.1) is 0 Å². The molecule has 2 aliphatic heterocycles. The van der Waals surface area contributed by atoms with Crippen LogP contribution in [0.4, 0.5) is 0 Å². The van der Waals surface area contributed by atoms with E-state index in [1.807, 2.05) is 16.7 Å². The van der Waals surface area contributed by atoms with Gasteiger partial charge in [-0.3, -0.25) is 4.79 Å². The fourth-order valence-corrected chi connectivity index (χ4v) is 2.97. The molecule has 3 nitrogen and oxygen atoms in total. The monoisotopic (exact) mass is 214 g/mol. The van der Waals surface area contributed by atoms with E-state index in [4.69, 9.17) is 0 Å². The highest BCUT2D eigenvalue weighted by molar-refractivity contribution is 7.99. The maximum atomic E-state index is 12.0. The van der Waals surface area contributed by atoms with Crippen LogP contribution >= 0.6 is 11.8 Å². The third kappa shape index (κ3) is 2.42. The van der Waals surface area contributed by atoms with Crippen molar-refractivity contribution >= 4 is 17.7 Å². The first-order valence-corrected chi connectivity index (χ1v) is 6.63. The smallest absolute Gasteiger partial charge is 0.239 e. The molecule has 2 saturated heterocycles. The summed E-state index contributed by atoms with van der Waals surface area (Å²) in [6.45, 7) is 2.92. The lowest BCUT2D eigenvalue weighted by Gasteiger charge is -2.23. The summed E-state index contributed by atoms with van der Waals surface area (Å²) in [5.74, 6) is 2.66. The van der Waals surface area contributed by atoms with Crippen LogP contribution in [0.1, 0.15) is 19.3 Å². The van der Waals surface area contributed by atoms with Crippen LogP contribution in [-0.4, -0.2) is 48.0 Å². The van der Waals surface area contributed by atoms with Gasteiger partial charge < -0.3 is 10.2 Å². The number of carbonyl (C=O) groups excluding carboxylic acids is 1. The molecule has 2 aliphatic rings. The first kappa shape index (κ1) is 10.3. The highest BCUT2D eigenvalue weighted by atomic mass is 32.2. The van der Waals surface area contributed by atoms with Gasteiger partial charge in [-0.1, -0.05) is 0 Å². The van der Waals surface area contributed by atoms with Crippen molar-refractivity contribution in [2.75, 3.05) is 31.1 Å². The van der Waals surface area contributed by atoms with Crippen LogP contribution < -0.4 is 5.32 Å². The number of carbonyl (C=O) groups is 1. The van der Waals surface area contributed by atoms with Crippen molar-refractivity contribution in [2.24, 2.45) is 0 Å². The largest absolute Gasteiger partial charge is 0.340 e. The highest BCUT2D eigenvalue weighted by Gasteiger charge is 2.26. The second-order valence-corrected chi connectivity index (χ2v) is 5.16. The van der Waals surface area contributed by atoms with Gasteiger partial charge in [0.1, 0.15) is 0 Å². The van der Waals surface area contributed by atoms with Crippen LogP contribution in [0.15, 0.2) is 0 Å². The van der Waals surface area contributed by atoms with Crippen LogP contribution in [0.3, 0.4) is 0 Å². The van der Waals surface area contributed by atoms with E-state index < -0.39 is 0 Å². The minimum Gasteiger partial charge on any atom is -0.340 e. The van der Waals surface area contributed by atoms with Crippen molar-refractivity contribution in [2.45, 2.75) is 25.3 Å². The average molecular weight is 214 g/mol. The zero-order chi connectivity index (χ0) is 9.80. The molecule has 0 aromatic rings. The van der Waals surface area contributed by atoms with Crippen molar-refractivity contribution in [1.29, 1.82) is 0 Å². The van der Waals surface area contributed by atoms with Crippen LogP contribution in [0, 0.1) is 0 Å². The van der Waals surface area contributed by atoms with Crippen LogP contribution in [-0.2, 0) is 4.79 Å². The van der Waals surface area contributed by atoms with E-state index in [2.05, 4.69) is 5.32 Å². The molecule has 0 aromatic carbocycles. The van der Waals surface area contributed by atoms with E-state index in [1.54, 1.807) is 0 Å². The van der Waals surface area contributed by atoms with E-state index in [9.17, 15) is 4.79 Å². The molecule has 1 atom stereocenters. The maximum Gasteiger partial charge on any atom is 0.239 e. The van der Waals surface area contributed by atoms with Gasteiger partial charge in [0.05, 0.1) is 6.04 Å². The number of nitrogens with zero attached hydrogens (tertiary/aromatic N) is 1. The lowest BCUT2D eigenvalue weighted by atomic mass is 10.2. The first-order chi connectivity index (χ1) is 6.88. The Morgan fingerprint density at radius 3 is 3.00 bits per heavy atom. The number of thioether (sulfide) groups is 1. The maximum absolute atomic E-state index is 12.0. The fraction of sp³-hybridized carbons (Fsp3) is 0.900. The van der Waals surface area contributed by atoms with Gasteiger partial charge in [0.15, 0.2) is 0 Å². The Bertz CT molecular complexity index is 196. The highest BCUT2D eigenvalue weighted by Crippen LogP contribution is 2.14. The Kier molecular flexibility index (Phi) is 3.70. The molecule has 0 aliphatic carbocycles. The molecule has 4 heteroatoms. The summed E-state index contributed by atoms with van der Waals surface area (Å²) >= 11 is 1.97. The second kappa shape index (κ2) is 5.03. The van der Waals surface area contributed by atoms with Crippen LogP contribution in [0.5, 0.6) is 0 Å². The minimum atomic E-state index is 0.123. The summed E-state index contributed by atoms with van der Waals surface area (Å²) in [6, 6.07) is 0.123. The van der Waals surface area contributed by atoms with Gasteiger partial charge in [-0.05, 0) is 31.6 Å². The summed E-state index contributed by atoms with van der Waals surface area (Å²) in [6.07, 6.45) is 3.34. The van der Waals surface area contributed by atoms with Crippen molar-refractivity contribution in [3.63, 3.8) is 0 Å². The number of hydrogen-bond acceptors (Lipinski definition) is 3. The Hall–Kier alpha value is -0.220. The summed E-state index contributed by atoms with van der Waals surface area (Å²) in [4.78, 5) is 14.1. The normalized spacial score (nSPS) is 28.9. The molecule has 0 bridgehead atoms. The number of amides is 1. The predicted molar refractivity (Wildman–Crippen MR) is 59.5 cm³/mol. The molecule has 0 saturated carbocycles. The Morgan fingerprint density at radius 2 is 2.21 bits per heavy atom. The average Bonchev–Trinajstić information content (AvgIpc) is 2.59. The molecule has 2 rings (SSSR count). The third-order valence-corrected chi connectivity index (χ3v) is 3.94. The lowest BCUT2D eigenvalue weighted by molar-refractivity contribution is -0.132. The van der Waals surface area contributed by atoms with Crippen molar-refractivity contribution in [1.82, 2.24) is 10.2 Å². The fourth-order valence-electron chi connectivity index (χ4n) is 2.08. The van der Waals surface area contributed by atoms with E-state index in [1.165, 1.54) is 5.75 Å². The molecular weight excluding hydrogens is 196 g/mol. The lowest BCUT2D eigenvalue weighted by Crippen LogP contribution is -2.44. The SMILES string of the molecule is O=C(C1CCCN1)N1CCCSCC1. The molecule has 0 spiro atoms. The van der Waals surface area contributed by atoms with E-state index in [-0.39, 0.29) is 6.04 Å². The topological polar surface area (TPSA) is 32.3 Å². The van der Waals surface area contributed by atoms with Crippen molar-refractivity contribution < 1.29 is 4.79 Å². The summed E-state index contributed by atoms with van der Waals surface area (Å²) < 4.78 is 0. The minimum absolute atomic E-state index is 0.123. The second-order valence-electron chi connectivity index (χ2n) is 3.94. The number of hydrogen-bond donors (Lipinski definition) is 1. The van der Waals surface area contributed by atoms with Gasteiger partial charge in [-0.25, -0.2) is 0 Å². The molecule has 1 N–H and O–H groups in total. The molecule has 14 heavy (non-hydrogen) atoms. The molecule has 1 unspecified atom stereocenters. The zero-order valence-electron chi connectivity index (χ0n) is 8.50. The Labute approximate surface area is 89.6 Å². The van der Waals surface area contributed by atoms with Crippen LogP contribution in [0.2, 0.25) is 0 Å². The van der Waals surface area contributed by atoms with Crippen molar-refractivity contribution in [3.8, 4) is 0 Å². The van der Waals surface area contributed by atoms with Gasteiger partial charge in [0.2, 0.25) is 5.91 Å².